The van der Waals surface area contributed by atoms with E-state index in [4.69, 9.17) is 4.99 Å². The molecule has 0 saturated carbocycles. The lowest BCUT2D eigenvalue weighted by Gasteiger charge is -2.17. The number of rotatable bonds is 5. The van der Waals surface area contributed by atoms with Gasteiger partial charge in [0.05, 0.1) is 40.3 Å². The van der Waals surface area contributed by atoms with E-state index in [1.165, 1.54) is 23.5 Å². The average molecular weight is 514 g/mol. The molecule has 1 saturated heterocycles. The highest BCUT2D eigenvalue weighted by Gasteiger charge is 2.39. The Morgan fingerprint density at radius 3 is 2.64 bits per heavy atom. The highest BCUT2D eigenvalue weighted by molar-refractivity contribution is 8.19. The Bertz CT molecular complexity index is 1450. The van der Waals surface area contributed by atoms with Gasteiger partial charge in [0.2, 0.25) is 0 Å². The molecule has 1 fully saturated rings. The average Bonchev–Trinajstić information content (AvgIpc) is 3.36. The fraction of sp³-hybridized carbons (Fsp3) is 0.148. The van der Waals surface area contributed by atoms with Crippen LogP contribution in [0.5, 0.6) is 5.75 Å². The van der Waals surface area contributed by atoms with Crippen molar-refractivity contribution in [2.24, 2.45) is 4.99 Å². The van der Waals surface area contributed by atoms with Crippen LogP contribution in [-0.4, -0.2) is 34.7 Å². The number of phenolic OH excluding ortho intramolecular Hbond substituents is 1. The maximum absolute atomic E-state index is 13.8. The summed E-state index contributed by atoms with van der Waals surface area (Å²) in [5.74, 6) is 0.0583. The number of aliphatic imine (C=N–C) groups is 1. The minimum atomic E-state index is -0.129. The van der Waals surface area contributed by atoms with Gasteiger partial charge in [0.25, 0.3) is 5.91 Å². The summed E-state index contributed by atoms with van der Waals surface area (Å²) < 4.78 is 0. The summed E-state index contributed by atoms with van der Waals surface area (Å²) in [5.41, 5.74) is 3.83. The van der Waals surface area contributed by atoms with Gasteiger partial charge in [-0.3, -0.25) is 9.69 Å². The molecule has 0 aromatic heterocycles. The van der Waals surface area contributed by atoms with Crippen molar-refractivity contribution in [1.82, 2.24) is 4.90 Å². The van der Waals surface area contributed by atoms with E-state index in [-0.39, 0.29) is 11.7 Å². The van der Waals surface area contributed by atoms with Crippen molar-refractivity contribution < 1.29 is 9.90 Å². The third-order valence-electron chi connectivity index (χ3n) is 5.77. The topological polar surface area (TPSA) is 92.0 Å². The van der Waals surface area contributed by atoms with Gasteiger partial charge in [-0.05, 0) is 60.6 Å². The number of nitrogens with one attached hydrogen (secondary N) is 1. The molecule has 2 aliphatic heterocycles. The second-order valence-corrected chi connectivity index (χ2v) is 10.2. The maximum atomic E-state index is 13.8. The third kappa shape index (κ3) is 4.53. The number of nitriles is 1. The van der Waals surface area contributed by atoms with E-state index < -0.39 is 0 Å². The molecule has 0 unspecified atom stereocenters. The van der Waals surface area contributed by atoms with Crippen LogP contribution in [0.25, 0.3) is 0 Å². The maximum Gasteiger partial charge on any atom is 0.269 e. The number of fused-ring (bicyclic) bond motifs is 1. The van der Waals surface area contributed by atoms with Gasteiger partial charge in [0.15, 0.2) is 5.17 Å². The number of amidine groups is 1. The van der Waals surface area contributed by atoms with Gasteiger partial charge in [0, 0.05) is 18.5 Å². The largest absolute Gasteiger partial charge is 0.508 e. The number of benzene rings is 3. The first-order valence-electron chi connectivity index (χ1n) is 11.4. The fourth-order valence-electron chi connectivity index (χ4n) is 4.00. The Morgan fingerprint density at radius 1 is 1.08 bits per heavy atom. The summed E-state index contributed by atoms with van der Waals surface area (Å²) in [5, 5.41) is 24.0. The number of thioether (sulfide) groups is 2. The Balaban J connectivity index is 1.59. The molecule has 7 nitrogen and oxygen atoms in total. The van der Waals surface area contributed by atoms with Crippen LogP contribution in [0.3, 0.4) is 0 Å². The molecule has 5 rings (SSSR count). The molecule has 0 spiro atoms. The fourth-order valence-corrected chi connectivity index (χ4v) is 6.37. The van der Waals surface area contributed by atoms with E-state index in [1.807, 2.05) is 61.3 Å². The van der Waals surface area contributed by atoms with Crippen molar-refractivity contribution in [3.63, 3.8) is 0 Å². The van der Waals surface area contributed by atoms with Crippen LogP contribution in [0, 0.1) is 11.3 Å². The van der Waals surface area contributed by atoms with Crippen LogP contribution < -0.4 is 10.2 Å². The van der Waals surface area contributed by atoms with E-state index >= 15 is 0 Å². The van der Waals surface area contributed by atoms with Crippen molar-refractivity contribution in [2.45, 2.75) is 18.4 Å². The van der Waals surface area contributed by atoms with Crippen LogP contribution in [0.4, 0.5) is 17.1 Å². The van der Waals surface area contributed by atoms with Crippen molar-refractivity contribution >= 4 is 51.7 Å². The molecule has 2 N–H and O–H groups in total. The molecule has 2 aliphatic rings. The van der Waals surface area contributed by atoms with Crippen molar-refractivity contribution in [2.75, 3.05) is 23.8 Å². The summed E-state index contributed by atoms with van der Waals surface area (Å²) in [6.07, 6.45) is 0. The first kappa shape index (κ1) is 23.9. The van der Waals surface area contributed by atoms with Gasteiger partial charge in [-0.1, -0.05) is 42.1 Å². The lowest BCUT2D eigenvalue weighted by Crippen LogP contribution is -2.29. The smallest absolute Gasteiger partial charge is 0.269 e. The summed E-state index contributed by atoms with van der Waals surface area (Å²) in [6.45, 7) is 3.07. The number of carbonyl (C=O) groups is 1. The zero-order valence-electron chi connectivity index (χ0n) is 19.7. The second kappa shape index (κ2) is 10.0. The van der Waals surface area contributed by atoms with E-state index in [0.717, 1.165) is 26.9 Å². The molecule has 3 aromatic rings. The third-order valence-corrected chi connectivity index (χ3v) is 8.18. The molecule has 3 aromatic carbocycles. The molecule has 180 valence electrons. The van der Waals surface area contributed by atoms with Crippen LogP contribution >= 0.6 is 23.5 Å². The molecular formula is C27H23N5O2S2. The number of nitrogens with zero attached hydrogens (tertiary/aromatic N) is 4. The number of phenols is 1. The predicted molar refractivity (Wildman–Crippen MR) is 146 cm³/mol. The first-order valence-corrected chi connectivity index (χ1v) is 13.0. The number of hydrogen-bond donors (Lipinski definition) is 2. The molecule has 0 aliphatic carbocycles. The number of hydrogen-bond acceptors (Lipinski definition) is 8. The Labute approximate surface area is 218 Å². The van der Waals surface area contributed by atoms with Gasteiger partial charge in [0.1, 0.15) is 10.7 Å². The lowest BCUT2D eigenvalue weighted by molar-refractivity contribution is -0.122. The van der Waals surface area contributed by atoms with Gasteiger partial charge >= 0.3 is 0 Å². The molecule has 36 heavy (non-hydrogen) atoms. The minimum Gasteiger partial charge on any atom is -0.508 e. The first-order chi connectivity index (χ1) is 17.5. The predicted octanol–water partition coefficient (Wildman–Crippen LogP) is 5.87. The molecule has 0 atom stereocenters. The summed E-state index contributed by atoms with van der Waals surface area (Å²) in [6, 6.07) is 22.5. The Morgan fingerprint density at radius 2 is 1.89 bits per heavy atom. The summed E-state index contributed by atoms with van der Waals surface area (Å²) in [4.78, 5) is 23.8. The van der Waals surface area contributed by atoms with Crippen LogP contribution in [0.2, 0.25) is 0 Å². The second-order valence-electron chi connectivity index (χ2n) is 8.19. The van der Waals surface area contributed by atoms with E-state index in [1.54, 1.807) is 29.2 Å². The van der Waals surface area contributed by atoms with Crippen LogP contribution in [0.15, 0.2) is 86.6 Å². The van der Waals surface area contributed by atoms with E-state index in [9.17, 15) is 15.2 Å². The molecule has 2 heterocycles. The van der Waals surface area contributed by atoms with Crippen molar-refractivity contribution in [3.8, 4) is 11.8 Å². The van der Waals surface area contributed by atoms with Crippen LogP contribution in [0.1, 0.15) is 18.1 Å². The van der Waals surface area contributed by atoms with E-state index in [0.29, 0.717) is 34.4 Å². The van der Waals surface area contributed by atoms with Crippen LogP contribution in [-0.2, 0) is 11.3 Å². The summed E-state index contributed by atoms with van der Waals surface area (Å²) in [7, 11) is 1.92. The zero-order valence-corrected chi connectivity index (χ0v) is 21.4. The Hall–Kier alpha value is -3.87. The highest BCUT2D eigenvalue weighted by atomic mass is 32.2. The molecule has 0 bridgehead atoms. The standard InChI is InChI=1S/C27H23N5O2S2/c1-3-29-20-11-9-18(15-28)13-21(20)30-27-32(16-17-7-5-4-6-8-17)25(34)24(36-27)26-31(2)22-12-10-19(33)14-23(22)35-26/h4-14,29,33H,3,16H2,1-2H3/b26-24-,30-27?. The van der Waals surface area contributed by atoms with Gasteiger partial charge in [-0.2, -0.15) is 5.26 Å². The van der Waals surface area contributed by atoms with Crippen molar-refractivity contribution in [1.29, 1.82) is 5.26 Å². The van der Waals surface area contributed by atoms with E-state index in [2.05, 4.69) is 11.4 Å². The minimum absolute atomic E-state index is 0.129. The highest BCUT2D eigenvalue weighted by Crippen LogP contribution is 2.51. The molecular weight excluding hydrogens is 490 g/mol. The van der Waals surface area contributed by atoms with Gasteiger partial charge in [-0.15, -0.1) is 0 Å². The lowest BCUT2D eigenvalue weighted by atomic mass is 10.2. The normalized spacial score (nSPS) is 18.0. The van der Waals surface area contributed by atoms with Gasteiger partial charge < -0.3 is 15.3 Å². The zero-order chi connectivity index (χ0) is 25.2. The molecule has 9 heteroatoms. The molecule has 0 radical (unpaired) electrons. The number of amides is 1. The summed E-state index contributed by atoms with van der Waals surface area (Å²) >= 11 is 2.79. The quantitative estimate of drug-likeness (QED) is 0.412. The number of anilines is 2. The van der Waals surface area contributed by atoms with Gasteiger partial charge in [-0.25, -0.2) is 4.99 Å². The number of aromatic hydroxyl groups is 1. The Kier molecular flexibility index (Phi) is 6.63. The SMILES string of the molecule is CCNc1ccc(C#N)cc1N=C1S/C(=C2\Sc3cc(O)ccc3N2C)C(=O)N1Cc1ccccc1. The monoisotopic (exact) mass is 513 g/mol. The van der Waals surface area contributed by atoms with Crippen molar-refractivity contribution in [3.05, 3.63) is 87.8 Å². The molecule has 1 amide bonds. The number of carbonyl (C=O) groups excluding carboxylic acids is 1.